The minimum absolute atomic E-state index is 0.0376. The van der Waals surface area contributed by atoms with Crippen LogP contribution in [0, 0.1) is 0 Å². The number of hydrogen-bond donors (Lipinski definition) is 1. The molecule has 0 spiro atoms. The first-order chi connectivity index (χ1) is 12.8. The molecule has 1 heterocycles. The fourth-order valence-corrected chi connectivity index (χ4v) is 3.42. The van der Waals surface area contributed by atoms with Gasteiger partial charge in [0.1, 0.15) is 5.75 Å². The number of aromatic nitrogens is 2. The van der Waals surface area contributed by atoms with Gasteiger partial charge in [0.05, 0.1) is 23.1 Å². The molecule has 0 saturated heterocycles. The van der Waals surface area contributed by atoms with Crippen molar-refractivity contribution >= 4 is 33.4 Å². The van der Waals surface area contributed by atoms with E-state index in [1.54, 1.807) is 24.3 Å². The molecule has 140 valence electrons. The quantitative estimate of drug-likeness (QED) is 0.691. The number of nitrogens with one attached hydrogen (secondary N) is 1. The lowest BCUT2D eigenvalue weighted by molar-refractivity contribution is 0.102. The second-order valence-electron chi connectivity index (χ2n) is 5.48. The molecule has 0 unspecified atom stereocenters. The fraction of sp³-hybridized carbons (Fsp3) is 0.118. The number of hydrogen-bond acceptors (Lipinski definition) is 7. The molecule has 0 aliphatic rings. The maximum absolute atomic E-state index is 12.4. The van der Waals surface area contributed by atoms with E-state index in [9.17, 15) is 13.2 Å². The summed E-state index contributed by atoms with van der Waals surface area (Å²) in [6.07, 6.45) is 1.08. The number of ether oxygens (including phenoxy) is 1. The number of anilines is 1. The van der Waals surface area contributed by atoms with E-state index in [-0.39, 0.29) is 27.9 Å². The van der Waals surface area contributed by atoms with Gasteiger partial charge in [0.25, 0.3) is 11.8 Å². The van der Waals surface area contributed by atoms with Gasteiger partial charge in [0.15, 0.2) is 9.84 Å². The number of nitrogens with zero attached hydrogens (tertiary/aromatic N) is 2. The SMILES string of the molecule is COc1ccc(Cl)cc1C(=O)Nc1nnc(-c2ccccc2S(C)(=O)=O)o1. The van der Waals surface area contributed by atoms with Crippen molar-refractivity contribution in [3.63, 3.8) is 0 Å². The Bertz CT molecular complexity index is 1110. The fourth-order valence-electron chi connectivity index (χ4n) is 2.37. The van der Waals surface area contributed by atoms with E-state index in [1.165, 1.54) is 25.3 Å². The van der Waals surface area contributed by atoms with Crippen molar-refractivity contribution in [3.05, 3.63) is 53.1 Å². The van der Waals surface area contributed by atoms with Crippen molar-refractivity contribution in [3.8, 4) is 17.2 Å². The number of carbonyl (C=O) groups is 1. The molecule has 8 nitrogen and oxygen atoms in total. The average Bonchev–Trinajstić information content (AvgIpc) is 3.09. The molecule has 2 aromatic carbocycles. The highest BCUT2D eigenvalue weighted by atomic mass is 35.5. The van der Waals surface area contributed by atoms with Gasteiger partial charge in [-0.25, -0.2) is 8.42 Å². The number of benzene rings is 2. The van der Waals surface area contributed by atoms with Crippen molar-refractivity contribution in [2.75, 3.05) is 18.7 Å². The van der Waals surface area contributed by atoms with E-state index in [4.69, 9.17) is 20.8 Å². The molecule has 0 atom stereocenters. The molecule has 0 bridgehead atoms. The summed E-state index contributed by atoms with van der Waals surface area (Å²) in [6, 6.07) is 10.6. The zero-order valence-electron chi connectivity index (χ0n) is 14.3. The third-order valence-corrected chi connectivity index (χ3v) is 4.96. The normalized spacial score (nSPS) is 11.2. The number of halogens is 1. The maximum atomic E-state index is 12.4. The van der Waals surface area contributed by atoms with Crippen LogP contribution >= 0.6 is 11.6 Å². The summed E-state index contributed by atoms with van der Waals surface area (Å²) in [5.41, 5.74) is 0.426. The van der Waals surface area contributed by atoms with Gasteiger partial charge < -0.3 is 9.15 Å². The van der Waals surface area contributed by atoms with Crippen molar-refractivity contribution in [1.29, 1.82) is 0 Å². The highest BCUT2D eigenvalue weighted by Crippen LogP contribution is 2.28. The molecule has 0 radical (unpaired) electrons. The average molecular weight is 408 g/mol. The van der Waals surface area contributed by atoms with E-state index < -0.39 is 15.7 Å². The van der Waals surface area contributed by atoms with Gasteiger partial charge >= 0.3 is 6.01 Å². The summed E-state index contributed by atoms with van der Waals surface area (Å²) >= 11 is 5.92. The highest BCUT2D eigenvalue weighted by Gasteiger charge is 2.20. The van der Waals surface area contributed by atoms with Gasteiger partial charge in [-0.3, -0.25) is 10.1 Å². The zero-order chi connectivity index (χ0) is 19.6. The van der Waals surface area contributed by atoms with Crippen LogP contribution in [0.1, 0.15) is 10.4 Å². The number of amides is 1. The molecule has 27 heavy (non-hydrogen) atoms. The van der Waals surface area contributed by atoms with Crippen LogP contribution in [-0.4, -0.2) is 37.9 Å². The Balaban J connectivity index is 1.90. The Hall–Kier alpha value is -2.91. The van der Waals surface area contributed by atoms with Gasteiger partial charge in [-0.05, 0) is 30.3 Å². The Labute approximate surface area is 160 Å². The topological polar surface area (TPSA) is 111 Å². The first-order valence-corrected chi connectivity index (χ1v) is 9.84. The Kier molecular flexibility index (Phi) is 5.15. The van der Waals surface area contributed by atoms with E-state index in [0.29, 0.717) is 10.8 Å². The number of methoxy groups -OCH3 is 1. The Morgan fingerprint density at radius 1 is 1.19 bits per heavy atom. The molecule has 3 aromatic rings. The third-order valence-electron chi connectivity index (χ3n) is 3.57. The van der Waals surface area contributed by atoms with Crippen molar-refractivity contribution in [2.24, 2.45) is 0 Å². The summed E-state index contributed by atoms with van der Waals surface area (Å²) < 4.78 is 34.4. The number of sulfone groups is 1. The van der Waals surface area contributed by atoms with Crippen LogP contribution in [0.5, 0.6) is 5.75 Å². The molecule has 1 amide bonds. The first-order valence-electron chi connectivity index (χ1n) is 7.57. The lowest BCUT2D eigenvalue weighted by Gasteiger charge is -2.07. The molecule has 0 saturated carbocycles. The second-order valence-corrected chi connectivity index (χ2v) is 7.90. The summed E-state index contributed by atoms with van der Waals surface area (Å²) in [5, 5.41) is 10.4. The second kappa shape index (κ2) is 7.37. The molecular weight excluding hydrogens is 394 g/mol. The van der Waals surface area contributed by atoms with Gasteiger partial charge in [-0.15, -0.1) is 5.10 Å². The van der Waals surface area contributed by atoms with Gasteiger partial charge in [0, 0.05) is 11.3 Å². The highest BCUT2D eigenvalue weighted by molar-refractivity contribution is 7.90. The maximum Gasteiger partial charge on any atom is 0.322 e. The minimum Gasteiger partial charge on any atom is -0.496 e. The summed E-state index contributed by atoms with van der Waals surface area (Å²) in [6.45, 7) is 0. The predicted molar refractivity (Wildman–Crippen MR) is 98.8 cm³/mol. The van der Waals surface area contributed by atoms with Crippen molar-refractivity contribution in [1.82, 2.24) is 10.2 Å². The molecule has 0 aliphatic carbocycles. The monoisotopic (exact) mass is 407 g/mol. The van der Waals surface area contributed by atoms with E-state index in [0.717, 1.165) is 6.26 Å². The molecule has 1 aromatic heterocycles. The zero-order valence-corrected chi connectivity index (χ0v) is 15.8. The third kappa shape index (κ3) is 4.09. The minimum atomic E-state index is -3.50. The number of rotatable bonds is 5. The lowest BCUT2D eigenvalue weighted by atomic mass is 10.2. The van der Waals surface area contributed by atoms with Crippen LogP contribution in [0.15, 0.2) is 51.8 Å². The smallest absolute Gasteiger partial charge is 0.322 e. The first kappa shape index (κ1) is 18.9. The van der Waals surface area contributed by atoms with Crippen LogP contribution in [0.2, 0.25) is 5.02 Å². The molecule has 0 fully saturated rings. The summed E-state index contributed by atoms with van der Waals surface area (Å²) in [5.74, 6) is -0.288. The van der Waals surface area contributed by atoms with Crippen molar-refractivity contribution in [2.45, 2.75) is 4.90 Å². The molecule has 1 N–H and O–H groups in total. The van der Waals surface area contributed by atoms with Crippen LogP contribution in [0.4, 0.5) is 6.01 Å². The van der Waals surface area contributed by atoms with E-state index >= 15 is 0 Å². The molecule has 0 aliphatic heterocycles. The van der Waals surface area contributed by atoms with Gasteiger partial charge in [0.2, 0.25) is 0 Å². The predicted octanol–water partition coefficient (Wildman–Crippen LogP) is 3.05. The largest absolute Gasteiger partial charge is 0.496 e. The standard InChI is InChI=1S/C17H14ClN3O5S/c1-25-13-8-7-10(18)9-12(13)15(22)19-17-21-20-16(26-17)11-5-3-4-6-14(11)27(2,23)24/h3-9H,1-2H3,(H,19,21,22). The van der Waals surface area contributed by atoms with Gasteiger partial charge in [-0.2, -0.15) is 0 Å². The summed E-state index contributed by atoms with van der Waals surface area (Å²) in [7, 11) is -2.07. The lowest BCUT2D eigenvalue weighted by Crippen LogP contribution is -2.13. The summed E-state index contributed by atoms with van der Waals surface area (Å²) in [4.78, 5) is 12.5. The van der Waals surface area contributed by atoms with E-state index in [1.807, 2.05) is 0 Å². The van der Waals surface area contributed by atoms with Gasteiger partial charge in [-0.1, -0.05) is 28.8 Å². The van der Waals surface area contributed by atoms with Crippen LogP contribution < -0.4 is 10.1 Å². The number of carbonyl (C=O) groups excluding carboxylic acids is 1. The Morgan fingerprint density at radius 2 is 1.93 bits per heavy atom. The molecule has 10 heteroatoms. The van der Waals surface area contributed by atoms with Crippen molar-refractivity contribution < 1.29 is 22.4 Å². The van der Waals surface area contributed by atoms with Crippen LogP contribution in [0.25, 0.3) is 11.5 Å². The van der Waals surface area contributed by atoms with Crippen LogP contribution in [0.3, 0.4) is 0 Å². The Morgan fingerprint density at radius 3 is 2.63 bits per heavy atom. The molecular formula is C17H14ClN3O5S. The van der Waals surface area contributed by atoms with Crippen LogP contribution in [-0.2, 0) is 9.84 Å². The van der Waals surface area contributed by atoms with E-state index in [2.05, 4.69) is 15.5 Å². The molecule has 3 rings (SSSR count).